The molecule has 1 amide bonds. The summed E-state index contributed by atoms with van der Waals surface area (Å²) in [4.78, 5) is 12.0. The molecule has 0 aliphatic rings. The average Bonchev–Trinajstić information content (AvgIpc) is 2.73. The highest BCUT2D eigenvalue weighted by Crippen LogP contribution is 2.14. The fourth-order valence-corrected chi connectivity index (χ4v) is 2.39. The molecule has 3 aromatic rings. The van der Waals surface area contributed by atoms with E-state index in [1.165, 1.54) is 18.3 Å². The first-order valence-corrected chi connectivity index (χ1v) is 8.45. The van der Waals surface area contributed by atoms with Crippen molar-refractivity contribution in [3.8, 4) is 11.8 Å². The Kier molecular flexibility index (Phi) is 6.11. The van der Waals surface area contributed by atoms with E-state index in [0.717, 1.165) is 17.2 Å². The van der Waals surface area contributed by atoms with Crippen molar-refractivity contribution in [3.63, 3.8) is 0 Å². The molecule has 0 aromatic heterocycles. The van der Waals surface area contributed by atoms with Gasteiger partial charge in [0.25, 0.3) is 5.91 Å². The van der Waals surface area contributed by atoms with Crippen LogP contribution in [0.1, 0.15) is 27.0 Å². The van der Waals surface area contributed by atoms with Crippen molar-refractivity contribution in [2.75, 3.05) is 0 Å². The number of nitrogens with one attached hydrogen (secondary N) is 1. The number of nitrogens with zero attached hydrogens (tertiary/aromatic N) is 2. The van der Waals surface area contributed by atoms with Crippen molar-refractivity contribution in [2.24, 2.45) is 5.10 Å². The zero-order chi connectivity index (χ0) is 19.8. The number of hydrazone groups is 1. The van der Waals surface area contributed by atoms with E-state index < -0.39 is 11.7 Å². The summed E-state index contributed by atoms with van der Waals surface area (Å²) in [5, 5.41) is 12.5. The number of hydrogen-bond acceptors (Lipinski definition) is 4. The molecule has 28 heavy (non-hydrogen) atoms. The number of nitriles is 1. The molecule has 3 aromatic carbocycles. The number of carbonyl (C=O) groups is 1. The molecule has 5 nitrogen and oxygen atoms in total. The van der Waals surface area contributed by atoms with E-state index in [4.69, 9.17) is 10.00 Å². The SMILES string of the molecule is N#Cc1ccc(C(=O)N/N=C\c2ccc(OCc3ccccc3)cc2)c(F)c1. The normalized spacial score (nSPS) is 10.4. The highest BCUT2D eigenvalue weighted by molar-refractivity contribution is 5.95. The molecule has 0 saturated carbocycles. The van der Waals surface area contributed by atoms with Crippen LogP contribution in [0.25, 0.3) is 0 Å². The Labute approximate surface area is 161 Å². The van der Waals surface area contributed by atoms with Gasteiger partial charge in [0.1, 0.15) is 18.2 Å². The van der Waals surface area contributed by atoms with Crippen LogP contribution in [0, 0.1) is 17.1 Å². The molecule has 0 heterocycles. The summed E-state index contributed by atoms with van der Waals surface area (Å²) in [6, 6.07) is 22.4. The van der Waals surface area contributed by atoms with Crippen molar-refractivity contribution < 1.29 is 13.9 Å². The van der Waals surface area contributed by atoms with Gasteiger partial charge in [-0.1, -0.05) is 30.3 Å². The van der Waals surface area contributed by atoms with E-state index >= 15 is 0 Å². The zero-order valence-corrected chi connectivity index (χ0v) is 14.8. The Balaban J connectivity index is 1.54. The minimum absolute atomic E-state index is 0.145. The third kappa shape index (κ3) is 5.02. The van der Waals surface area contributed by atoms with E-state index in [1.54, 1.807) is 24.3 Å². The van der Waals surface area contributed by atoms with E-state index in [9.17, 15) is 9.18 Å². The lowest BCUT2D eigenvalue weighted by Crippen LogP contribution is -2.19. The van der Waals surface area contributed by atoms with Gasteiger partial charge < -0.3 is 4.74 Å². The molecule has 6 heteroatoms. The van der Waals surface area contributed by atoms with E-state index in [1.807, 2.05) is 36.4 Å². The number of benzene rings is 3. The summed E-state index contributed by atoms with van der Waals surface area (Å²) in [7, 11) is 0. The predicted molar refractivity (Wildman–Crippen MR) is 103 cm³/mol. The summed E-state index contributed by atoms with van der Waals surface area (Å²) >= 11 is 0. The lowest BCUT2D eigenvalue weighted by Gasteiger charge is -2.06. The summed E-state index contributed by atoms with van der Waals surface area (Å²) in [6.45, 7) is 0.473. The molecule has 0 aliphatic carbocycles. The summed E-state index contributed by atoms with van der Waals surface area (Å²) in [5.41, 5.74) is 4.05. The topological polar surface area (TPSA) is 74.5 Å². The third-order valence-electron chi connectivity index (χ3n) is 3.85. The Hall–Kier alpha value is -3.98. The van der Waals surface area contributed by atoms with Gasteiger partial charge in [-0.25, -0.2) is 9.82 Å². The number of rotatable bonds is 6. The summed E-state index contributed by atoms with van der Waals surface area (Å²) in [6.07, 6.45) is 1.44. The van der Waals surface area contributed by atoms with Gasteiger partial charge >= 0.3 is 0 Å². The standard InChI is InChI=1S/C22H16FN3O2/c23-21-12-18(13-24)8-11-20(21)22(27)26-25-14-16-6-9-19(10-7-16)28-15-17-4-2-1-3-5-17/h1-12,14H,15H2,(H,26,27)/b25-14-. The van der Waals surface area contributed by atoms with Crippen LogP contribution < -0.4 is 10.2 Å². The van der Waals surface area contributed by atoms with Crippen molar-refractivity contribution in [1.82, 2.24) is 5.43 Å². The molecule has 0 spiro atoms. The Morgan fingerprint density at radius 2 is 1.86 bits per heavy atom. The maximum atomic E-state index is 13.8. The number of amides is 1. The second-order valence-electron chi connectivity index (χ2n) is 5.85. The number of ether oxygens (including phenoxy) is 1. The minimum atomic E-state index is -0.772. The number of carbonyl (C=O) groups excluding carboxylic acids is 1. The fraction of sp³-hybridized carbons (Fsp3) is 0.0455. The van der Waals surface area contributed by atoms with Gasteiger partial charge in [-0.3, -0.25) is 4.79 Å². The van der Waals surface area contributed by atoms with E-state index in [2.05, 4.69) is 10.5 Å². The highest BCUT2D eigenvalue weighted by Gasteiger charge is 2.11. The van der Waals surface area contributed by atoms with Crippen LogP contribution in [0.15, 0.2) is 77.9 Å². The highest BCUT2D eigenvalue weighted by atomic mass is 19.1. The Bertz CT molecular complexity index is 1030. The molecular weight excluding hydrogens is 357 g/mol. The molecule has 0 atom stereocenters. The fourth-order valence-electron chi connectivity index (χ4n) is 2.39. The van der Waals surface area contributed by atoms with Gasteiger partial charge in [-0.15, -0.1) is 0 Å². The molecule has 0 aliphatic heterocycles. The Morgan fingerprint density at radius 3 is 2.54 bits per heavy atom. The van der Waals surface area contributed by atoms with Crippen LogP contribution in [0.3, 0.4) is 0 Å². The number of hydrogen-bond donors (Lipinski definition) is 1. The molecule has 0 bridgehead atoms. The van der Waals surface area contributed by atoms with Crippen LogP contribution in [-0.2, 0) is 6.61 Å². The summed E-state index contributed by atoms with van der Waals surface area (Å²) < 4.78 is 19.5. The smallest absolute Gasteiger partial charge is 0.274 e. The molecule has 3 rings (SSSR count). The molecule has 0 saturated heterocycles. The quantitative estimate of drug-likeness (QED) is 0.523. The van der Waals surface area contributed by atoms with Crippen molar-refractivity contribution >= 4 is 12.1 Å². The van der Waals surface area contributed by atoms with Crippen LogP contribution in [0.4, 0.5) is 4.39 Å². The first-order chi connectivity index (χ1) is 13.7. The largest absolute Gasteiger partial charge is 0.489 e. The molecule has 0 fully saturated rings. The average molecular weight is 373 g/mol. The molecular formula is C22H16FN3O2. The van der Waals surface area contributed by atoms with Gasteiger partial charge in [0.05, 0.1) is 23.4 Å². The van der Waals surface area contributed by atoms with Gasteiger partial charge in [0, 0.05) is 0 Å². The monoisotopic (exact) mass is 373 g/mol. The van der Waals surface area contributed by atoms with E-state index in [0.29, 0.717) is 12.4 Å². The molecule has 138 valence electrons. The van der Waals surface area contributed by atoms with Crippen molar-refractivity contribution in [2.45, 2.75) is 6.61 Å². The molecule has 0 radical (unpaired) electrons. The van der Waals surface area contributed by atoms with Gasteiger partial charge in [-0.05, 0) is 53.6 Å². The zero-order valence-electron chi connectivity index (χ0n) is 14.8. The van der Waals surface area contributed by atoms with Gasteiger partial charge in [-0.2, -0.15) is 10.4 Å². The van der Waals surface area contributed by atoms with Crippen LogP contribution in [-0.4, -0.2) is 12.1 Å². The first kappa shape index (κ1) is 18.8. The number of halogens is 1. The van der Waals surface area contributed by atoms with Crippen molar-refractivity contribution in [3.05, 3.63) is 101 Å². The molecule has 1 N–H and O–H groups in total. The minimum Gasteiger partial charge on any atom is -0.489 e. The van der Waals surface area contributed by atoms with Crippen molar-refractivity contribution in [1.29, 1.82) is 5.26 Å². The van der Waals surface area contributed by atoms with Crippen LogP contribution >= 0.6 is 0 Å². The van der Waals surface area contributed by atoms with Gasteiger partial charge in [0.15, 0.2) is 0 Å². The maximum absolute atomic E-state index is 13.8. The first-order valence-electron chi connectivity index (χ1n) is 8.45. The van der Waals surface area contributed by atoms with Crippen LogP contribution in [0.2, 0.25) is 0 Å². The molecule has 0 unspecified atom stereocenters. The third-order valence-corrected chi connectivity index (χ3v) is 3.85. The lowest BCUT2D eigenvalue weighted by molar-refractivity contribution is 0.0951. The Morgan fingerprint density at radius 1 is 1.11 bits per heavy atom. The van der Waals surface area contributed by atoms with Gasteiger partial charge in [0.2, 0.25) is 0 Å². The second-order valence-corrected chi connectivity index (χ2v) is 5.85. The second kappa shape index (κ2) is 9.10. The predicted octanol–water partition coefficient (Wildman–Crippen LogP) is 4.04. The maximum Gasteiger partial charge on any atom is 0.274 e. The lowest BCUT2D eigenvalue weighted by atomic mass is 10.1. The van der Waals surface area contributed by atoms with E-state index in [-0.39, 0.29) is 11.1 Å². The summed E-state index contributed by atoms with van der Waals surface area (Å²) in [5.74, 6) is -0.752. The van der Waals surface area contributed by atoms with Crippen LogP contribution in [0.5, 0.6) is 5.75 Å².